The molecule has 0 aromatic heterocycles. The van der Waals surface area contributed by atoms with E-state index < -0.39 is 132 Å². The van der Waals surface area contributed by atoms with Crippen molar-refractivity contribution in [2.24, 2.45) is 17.8 Å². The van der Waals surface area contributed by atoms with Gasteiger partial charge in [0.25, 0.3) is 0 Å². The van der Waals surface area contributed by atoms with Gasteiger partial charge in [0.2, 0.25) is 41.4 Å². The van der Waals surface area contributed by atoms with Gasteiger partial charge in [-0.1, -0.05) is 90.4 Å². The molecule has 4 rings (SSSR count). The van der Waals surface area contributed by atoms with E-state index in [1.165, 1.54) is 43.1 Å². The number of aliphatic hydroxyl groups excluding tert-OH is 2. The van der Waals surface area contributed by atoms with E-state index in [-0.39, 0.29) is 43.8 Å². The number of carboxylic acid groups (broad SMARTS) is 1. The van der Waals surface area contributed by atoms with E-state index in [9.17, 15) is 63.6 Å². The van der Waals surface area contributed by atoms with Gasteiger partial charge in [0.15, 0.2) is 0 Å². The molecule has 0 spiro atoms. The van der Waals surface area contributed by atoms with Gasteiger partial charge in [-0.2, -0.15) is 0 Å². The number of esters is 1. The third kappa shape index (κ3) is 14.9. The molecule has 70 heavy (non-hydrogen) atoms. The van der Waals surface area contributed by atoms with Crippen LogP contribution in [0.4, 0.5) is 0 Å². The number of nitrogens with zero attached hydrogens (tertiary/aromatic N) is 2. The molecule has 0 aliphatic carbocycles. The minimum atomic E-state index is -1.92. The number of aliphatic carboxylic acids is 1. The molecule has 21 nitrogen and oxygen atoms in total. The van der Waals surface area contributed by atoms with Crippen LogP contribution < -0.4 is 26.6 Å². The Hall–Kier alpha value is -6.61. The molecular formula is C49H69N7O14. The van der Waals surface area contributed by atoms with Crippen molar-refractivity contribution in [3.63, 3.8) is 0 Å². The third-order valence-corrected chi connectivity index (χ3v) is 12.6. The molecule has 2 saturated heterocycles. The SMILES string of the molecule is CC[C@H](C)[C@H]1C(=O)N(C)[C@@H](Cc2ccccc2)C(=O)N[C@@H](C(C)C)C(=O)O[C@H](C)[C@H](NC(=O)[C@H](CC(=O)O)NC(=O)[C@@H](O)Cc2ccc(O)cc2)C(=O)N[C@@H](CC(C)C)C(=O)N[C@H]2CC[C@@H](O)N1C2=O. The summed E-state index contributed by atoms with van der Waals surface area (Å²) in [6.07, 6.45) is -6.04. The maximum Gasteiger partial charge on any atom is 0.329 e. The summed E-state index contributed by atoms with van der Waals surface area (Å²) < 4.78 is 5.82. The number of aliphatic hydroxyl groups is 2. The minimum Gasteiger partial charge on any atom is -0.508 e. The Labute approximate surface area is 407 Å². The number of ether oxygens (including phenoxy) is 1. The van der Waals surface area contributed by atoms with Crippen molar-refractivity contribution in [3.05, 3.63) is 65.7 Å². The monoisotopic (exact) mass is 979 g/mol. The smallest absolute Gasteiger partial charge is 0.329 e. The summed E-state index contributed by atoms with van der Waals surface area (Å²) >= 11 is 0. The number of amides is 7. The predicted octanol–water partition coefficient (Wildman–Crippen LogP) is 0.267. The molecule has 2 aliphatic rings. The number of carbonyl (C=O) groups excluding carboxylic acids is 8. The quantitative estimate of drug-likeness (QED) is 0.108. The number of rotatable bonds is 15. The molecule has 384 valence electrons. The lowest BCUT2D eigenvalue weighted by Crippen LogP contribution is -2.66. The maximum absolute atomic E-state index is 14.8. The first kappa shape index (κ1) is 56.0. The normalized spacial score (nSPS) is 25.5. The van der Waals surface area contributed by atoms with E-state index in [0.29, 0.717) is 17.5 Å². The predicted molar refractivity (Wildman–Crippen MR) is 252 cm³/mol. The highest BCUT2D eigenvalue weighted by molar-refractivity contribution is 5.99. The van der Waals surface area contributed by atoms with Crippen LogP contribution in [-0.4, -0.2) is 151 Å². The fraction of sp³-hybridized carbons (Fsp3) is 0.571. The van der Waals surface area contributed by atoms with E-state index >= 15 is 0 Å². The fourth-order valence-electron chi connectivity index (χ4n) is 8.38. The van der Waals surface area contributed by atoms with Gasteiger partial charge < -0.3 is 61.5 Å². The molecular weight excluding hydrogens is 911 g/mol. The van der Waals surface area contributed by atoms with E-state index in [0.717, 1.165) is 4.90 Å². The molecule has 2 bridgehead atoms. The summed E-state index contributed by atoms with van der Waals surface area (Å²) in [5, 5.41) is 54.0. The standard InChI is InChI=1S/C49H69N7O14/c1-9-27(6)41-48(68)55(8)35(22-29-13-11-10-12-14-29)44(64)53-39(26(4)5)49(69)70-28(7)40(46(66)52-33(21-25(2)3)42(62)50-32-19-20-37(59)56(41)47(32)67)54-43(63)34(24-38(60)61)51-45(65)36(58)23-30-15-17-31(57)18-16-30/h10-18,25-28,32-37,39-41,57-59H,9,19-24H2,1-8H3,(H,50,62)(H,51,65)(H,52,66)(H,53,64)(H,54,63)(H,60,61)/t27-,28+,32-,33-,34-,35-,36-,37+,39-,40-,41-/m0/s1. The molecule has 7 amide bonds. The number of carboxylic acids is 1. The molecule has 2 fully saturated rings. The molecule has 0 unspecified atom stereocenters. The minimum absolute atomic E-state index is 0.0285. The zero-order chi connectivity index (χ0) is 52.1. The zero-order valence-electron chi connectivity index (χ0n) is 40.9. The van der Waals surface area contributed by atoms with Crippen molar-refractivity contribution < 1.29 is 68.3 Å². The first-order chi connectivity index (χ1) is 32.9. The average Bonchev–Trinajstić information content (AvgIpc) is 3.30. The Balaban J connectivity index is 1.81. The number of aromatic hydroxyl groups is 1. The van der Waals surface area contributed by atoms with Crippen LogP contribution in [0.15, 0.2) is 54.6 Å². The maximum atomic E-state index is 14.8. The molecule has 2 aliphatic heterocycles. The average molecular weight is 980 g/mol. The first-order valence-corrected chi connectivity index (χ1v) is 23.6. The van der Waals surface area contributed by atoms with Crippen LogP contribution in [0.5, 0.6) is 5.75 Å². The highest BCUT2D eigenvalue weighted by atomic mass is 16.5. The lowest BCUT2D eigenvalue weighted by molar-refractivity contribution is -0.168. The number of carbonyl (C=O) groups is 9. The summed E-state index contributed by atoms with van der Waals surface area (Å²) in [6, 6.07) is 3.68. The van der Waals surface area contributed by atoms with Crippen LogP contribution in [0.2, 0.25) is 0 Å². The van der Waals surface area contributed by atoms with Crippen LogP contribution in [0.25, 0.3) is 0 Å². The lowest BCUT2D eigenvalue weighted by Gasteiger charge is -2.44. The molecule has 2 aromatic rings. The second-order valence-electron chi connectivity index (χ2n) is 18.9. The number of nitrogens with one attached hydrogen (secondary N) is 5. The summed E-state index contributed by atoms with van der Waals surface area (Å²) in [4.78, 5) is 128. The molecule has 0 radical (unpaired) electrons. The summed E-state index contributed by atoms with van der Waals surface area (Å²) in [5.41, 5.74) is 1.06. The van der Waals surface area contributed by atoms with Crippen LogP contribution in [0.1, 0.15) is 91.7 Å². The molecule has 2 heterocycles. The van der Waals surface area contributed by atoms with Gasteiger partial charge in [-0.25, -0.2) is 4.79 Å². The Morgan fingerprint density at radius 3 is 2.06 bits per heavy atom. The summed E-state index contributed by atoms with van der Waals surface area (Å²) in [5.74, 6) is -10.9. The molecule has 2 aromatic carbocycles. The van der Waals surface area contributed by atoms with Gasteiger partial charge in [-0.3, -0.25) is 38.4 Å². The Morgan fingerprint density at radius 1 is 0.829 bits per heavy atom. The highest BCUT2D eigenvalue weighted by Crippen LogP contribution is 2.28. The van der Waals surface area contributed by atoms with Crippen LogP contribution in [-0.2, 0) is 60.7 Å². The summed E-state index contributed by atoms with van der Waals surface area (Å²) in [7, 11) is 1.38. The second-order valence-corrected chi connectivity index (χ2v) is 18.9. The number of likely N-dealkylation sites (N-methyl/N-ethyl adjacent to an activating group) is 1. The topological polar surface area (TPSA) is 310 Å². The van der Waals surface area contributed by atoms with Crippen molar-refractivity contribution in [3.8, 4) is 5.75 Å². The first-order valence-electron chi connectivity index (χ1n) is 23.6. The van der Waals surface area contributed by atoms with Gasteiger partial charge in [0, 0.05) is 19.9 Å². The van der Waals surface area contributed by atoms with E-state index in [2.05, 4.69) is 26.6 Å². The number of phenolic OH excluding ortho intramolecular Hbond substituents is 1. The van der Waals surface area contributed by atoms with Crippen LogP contribution in [0, 0.1) is 17.8 Å². The van der Waals surface area contributed by atoms with E-state index in [1.807, 2.05) is 0 Å². The number of hydrogen-bond donors (Lipinski definition) is 9. The zero-order valence-corrected chi connectivity index (χ0v) is 40.9. The van der Waals surface area contributed by atoms with E-state index in [1.54, 1.807) is 71.9 Å². The van der Waals surface area contributed by atoms with Gasteiger partial charge >= 0.3 is 11.9 Å². The number of benzene rings is 2. The number of fused-ring (bicyclic) bond motifs is 2. The van der Waals surface area contributed by atoms with Gasteiger partial charge in [-0.05, 0) is 67.2 Å². The molecule has 9 N–H and O–H groups in total. The fourth-order valence-corrected chi connectivity index (χ4v) is 8.38. The third-order valence-electron chi connectivity index (χ3n) is 12.6. The van der Waals surface area contributed by atoms with Crippen molar-refractivity contribution in [2.75, 3.05) is 7.05 Å². The van der Waals surface area contributed by atoms with Gasteiger partial charge in [0.1, 0.15) is 66.5 Å². The summed E-state index contributed by atoms with van der Waals surface area (Å²) in [6.45, 7) is 11.4. The Kier molecular flexibility index (Phi) is 20.2. The second kappa shape index (κ2) is 25.3. The van der Waals surface area contributed by atoms with Crippen LogP contribution in [0.3, 0.4) is 0 Å². The molecule has 11 atom stereocenters. The number of phenols is 1. The number of piperidine rings is 1. The van der Waals surface area contributed by atoms with E-state index in [4.69, 9.17) is 4.74 Å². The highest BCUT2D eigenvalue weighted by Gasteiger charge is 2.47. The molecule has 0 saturated carbocycles. The Bertz CT molecular complexity index is 2190. The largest absolute Gasteiger partial charge is 0.508 e. The Morgan fingerprint density at radius 2 is 1.47 bits per heavy atom. The van der Waals surface area contributed by atoms with Gasteiger partial charge in [0.05, 0.1) is 6.42 Å². The number of hydrogen-bond acceptors (Lipinski definition) is 13. The molecule has 21 heteroatoms. The van der Waals surface area contributed by atoms with Crippen molar-refractivity contribution in [1.82, 2.24) is 36.4 Å². The number of cyclic esters (lactones) is 1. The van der Waals surface area contributed by atoms with Crippen molar-refractivity contribution in [2.45, 2.75) is 154 Å². The van der Waals surface area contributed by atoms with Gasteiger partial charge in [-0.15, -0.1) is 0 Å². The lowest BCUT2D eigenvalue weighted by atomic mass is 9.91. The van der Waals surface area contributed by atoms with Crippen LogP contribution >= 0.6 is 0 Å². The van der Waals surface area contributed by atoms with Crippen molar-refractivity contribution in [1.29, 1.82) is 0 Å². The van der Waals surface area contributed by atoms with Crippen molar-refractivity contribution >= 4 is 53.3 Å².